The van der Waals surface area contributed by atoms with Crippen molar-refractivity contribution < 1.29 is 18.3 Å². The molecule has 0 aliphatic carbocycles. The summed E-state index contributed by atoms with van der Waals surface area (Å²) >= 11 is 0. The quantitative estimate of drug-likeness (QED) is 0.725. The highest BCUT2D eigenvalue weighted by Gasteiger charge is 2.37. The lowest BCUT2D eigenvalue weighted by atomic mass is 9.99. The van der Waals surface area contributed by atoms with Crippen LogP contribution in [-0.4, -0.2) is 16.1 Å². The first-order valence-electron chi connectivity index (χ1n) is 7.92. The summed E-state index contributed by atoms with van der Waals surface area (Å²) < 4.78 is 31.9. The van der Waals surface area contributed by atoms with E-state index in [1.54, 1.807) is 36.4 Å². The van der Waals surface area contributed by atoms with Crippen molar-refractivity contribution in [3.05, 3.63) is 83.8 Å². The van der Waals surface area contributed by atoms with Gasteiger partial charge in [-0.1, -0.05) is 18.2 Å². The summed E-state index contributed by atoms with van der Waals surface area (Å²) in [5.41, 5.74) is 2.32. The van der Waals surface area contributed by atoms with E-state index in [4.69, 9.17) is 4.74 Å². The number of amides is 1. The Morgan fingerprint density at radius 2 is 1.85 bits per heavy atom. The first-order chi connectivity index (χ1) is 12.6. The van der Waals surface area contributed by atoms with Crippen LogP contribution in [0.1, 0.15) is 23.4 Å². The topological polar surface area (TPSA) is 64.1 Å². The molecule has 4 rings (SSSR count). The third-order valence-corrected chi connectivity index (χ3v) is 4.12. The molecular weight excluding hydrogens is 340 g/mol. The van der Waals surface area contributed by atoms with Gasteiger partial charge in [0.2, 0.25) is 5.95 Å². The van der Waals surface area contributed by atoms with Gasteiger partial charge in [-0.2, -0.15) is 4.39 Å². The summed E-state index contributed by atoms with van der Waals surface area (Å²) in [5.74, 6) is -0.973. The third-order valence-electron chi connectivity index (χ3n) is 4.12. The maximum Gasteiger partial charge on any atom is 0.408 e. The van der Waals surface area contributed by atoms with Gasteiger partial charge in [0.15, 0.2) is 6.10 Å². The Balaban J connectivity index is 1.70. The minimum atomic E-state index is -0.639. The van der Waals surface area contributed by atoms with Crippen LogP contribution in [0.15, 0.2) is 60.8 Å². The fourth-order valence-corrected chi connectivity index (χ4v) is 2.91. The molecule has 0 saturated carbocycles. The second-order valence-corrected chi connectivity index (χ2v) is 5.81. The van der Waals surface area contributed by atoms with Gasteiger partial charge in [0.05, 0.1) is 11.4 Å². The predicted molar refractivity (Wildman–Crippen MR) is 88.9 cm³/mol. The zero-order chi connectivity index (χ0) is 18.1. The zero-order valence-electron chi connectivity index (χ0n) is 13.4. The summed E-state index contributed by atoms with van der Waals surface area (Å²) in [5, 5.41) is 2.72. The Hall–Kier alpha value is -3.35. The van der Waals surface area contributed by atoms with Crippen LogP contribution in [0.5, 0.6) is 0 Å². The van der Waals surface area contributed by atoms with Gasteiger partial charge in [-0.15, -0.1) is 0 Å². The summed E-state index contributed by atoms with van der Waals surface area (Å²) in [7, 11) is 0. The van der Waals surface area contributed by atoms with Crippen LogP contribution in [0, 0.1) is 11.8 Å². The normalized spacial score (nSPS) is 19.1. The first-order valence-corrected chi connectivity index (χ1v) is 7.92. The lowest BCUT2D eigenvalue weighted by molar-refractivity contribution is 0.132. The van der Waals surface area contributed by atoms with Gasteiger partial charge < -0.3 is 10.1 Å². The molecule has 3 heterocycles. The Bertz CT molecular complexity index is 963. The fourth-order valence-electron chi connectivity index (χ4n) is 2.91. The molecule has 7 heteroatoms. The molecule has 0 unspecified atom stereocenters. The Kier molecular flexibility index (Phi) is 4.04. The van der Waals surface area contributed by atoms with E-state index in [-0.39, 0.29) is 5.82 Å². The van der Waals surface area contributed by atoms with E-state index in [0.29, 0.717) is 22.5 Å². The van der Waals surface area contributed by atoms with E-state index in [1.165, 1.54) is 24.4 Å². The number of hydrogen-bond donors (Lipinski definition) is 1. The average molecular weight is 353 g/mol. The van der Waals surface area contributed by atoms with Gasteiger partial charge in [-0.05, 0) is 35.9 Å². The average Bonchev–Trinajstić information content (AvgIpc) is 3.04. The largest absolute Gasteiger partial charge is 0.439 e. The zero-order valence-corrected chi connectivity index (χ0v) is 13.4. The van der Waals surface area contributed by atoms with Crippen molar-refractivity contribution in [3.8, 4) is 11.3 Å². The molecular formula is C19H13F2N3O2. The molecule has 1 aliphatic rings. The van der Waals surface area contributed by atoms with Gasteiger partial charge in [0, 0.05) is 17.8 Å². The van der Waals surface area contributed by atoms with E-state index >= 15 is 0 Å². The first kappa shape index (κ1) is 16.1. The standard InChI is InChI=1S/C19H13F2N3O2/c20-13-6-4-11(5-7-13)18-17(24-19(25)26-18)15-3-1-2-14(23-15)12-8-9-22-16(21)10-12/h1-10,17-18H,(H,24,25)/t17-,18-/m0/s1. The monoisotopic (exact) mass is 353 g/mol. The molecule has 0 bridgehead atoms. The second-order valence-electron chi connectivity index (χ2n) is 5.81. The maximum atomic E-state index is 13.4. The van der Waals surface area contributed by atoms with Gasteiger partial charge >= 0.3 is 6.09 Å². The molecule has 1 amide bonds. The number of hydrogen-bond acceptors (Lipinski definition) is 4. The molecule has 0 spiro atoms. The Labute approximate surface area is 147 Å². The lowest BCUT2D eigenvalue weighted by Gasteiger charge is -2.17. The van der Waals surface area contributed by atoms with Crippen molar-refractivity contribution in [2.24, 2.45) is 0 Å². The number of benzene rings is 1. The van der Waals surface area contributed by atoms with Crippen LogP contribution in [0.4, 0.5) is 13.6 Å². The van der Waals surface area contributed by atoms with E-state index in [2.05, 4.69) is 15.3 Å². The molecule has 26 heavy (non-hydrogen) atoms. The van der Waals surface area contributed by atoms with Gasteiger partial charge in [-0.25, -0.2) is 14.2 Å². The number of carbonyl (C=O) groups is 1. The molecule has 1 N–H and O–H groups in total. The van der Waals surface area contributed by atoms with E-state index in [1.807, 2.05) is 0 Å². The van der Waals surface area contributed by atoms with Crippen molar-refractivity contribution in [3.63, 3.8) is 0 Å². The van der Waals surface area contributed by atoms with Crippen molar-refractivity contribution >= 4 is 6.09 Å². The number of aromatic nitrogens is 2. The lowest BCUT2D eigenvalue weighted by Crippen LogP contribution is -2.20. The molecule has 1 aromatic carbocycles. The SMILES string of the molecule is O=C1N[C@@H](c2cccc(-c3ccnc(F)c3)n2)[C@H](c2ccc(F)cc2)O1. The molecule has 5 nitrogen and oxygen atoms in total. The molecule has 2 atom stereocenters. The van der Waals surface area contributed by atoms with Gasteiger partial charge in [0.1, 0.15) is 11.9 Å². The Morgan fingerprint density at radius 3 is 2.62 bits per heavy atom. The van der Waals surface area contributed by atoms with Gasteiger partial charge in [-0.3, -0.25) is 4.98 Å². The molecule has 1 aliphatic heterocycles. The van der Waals surface area contributed by atoms with E-state index in [0.717, 1.165) is 0 Å². The van der Waals surface area contributed by atoms with E-state index < -0.39 is 24.2 Å². The summed E-state index contributed by atoms with van der Waals surface area (Å²) in [6, 6.07) is 13.4. The third kappa shape index (κ3) is 3.11. The van der Waals surface area contributed by atoms with Crippen LogP contribution in [-0.2, 0) is 4.74 Å². The number of nitrogens with zero attached hydrogens (tertiary/aromatic N) is 2. The van der Waals surface area contributed by atoms with Crippen molar-refractivity contribution in [2.45, 2.75) is 12.1 Å². The number of carbonyl (C=O) groups excluding carboxylic acids is 1. The van der Waals surface area contributed by atoms with Crippen molar-refractivity contribution in [1.29, 1.82) is 0 Å². The summed E-state index contributed by atoms with van der Waals surface area (Å²) in [4.78, 5) is 19.8. The summed E-state index contributed by atoms with van der Waals surface area (Å²) in [6.07, 6.45) is 0.146. The fraction of sp³-hybridized carbons (Fsp3) is 0.105. The van der Waals surface area contributed by atoms with Crippen LogP contribution < -0.4 is 5.32 Å². The van der Waals surface area contributed by atoms with Crippen LogP contribution in [0.25, 0.3) is 11.3 Å². The van der Waals surface area contributed by atoms with Gasteiger partial charge in [0.25, 0.3) is 0 Å². The highest BCUT2D eigenvalue weighted by molar-refractivity contribution is 5.71. The minimum absolute atomic E-state index is 0.373. The van der Waals surface area contributed by atoms with Crippen molar-refractivity contribution in [2.75, 3.05) is 0 Å². The number of halogens is 2. The number of cyclic esters (lactones) is 1. The van der Waals surface area contributed by atoms with Crippen LogP contribution in [0.2, 0.25) is 0 Å². The molecule has 1 fully saturated rings. The Morgan fingerprint density at radius 1 is 1.04 bits per heavy atom. The maximum absolute atomic E-state index is 13.4. The number of alkyl carbamates (subject to hydrolysis) is 1. The van der Waals surface area contributed by atoms with Crippen molar-refractivity contribution in [1.82, 2.24) is 15.3 Å². The summed E-state index contributed by atoms with van der Waals surface area (Å²) in [6.45, 7) is 0. The van der Waals surface area contributed by atoms with E-state index in [9.17, 15) is 13.6 Å². The number of ether oxygens (including phenoxy) is 1. The molecule has 3 aromatic rings. The molecule has 2 aromatic heterocycles. The smallest absolute Gasteiger partial charge is 0.408 e. The molecule has 1 saturated heterocycles. The predicted octanol–water partition coefficient (Wildman–Crippen LogP) is 3.94. The van der Waals surface area contributed by atoms with Crippen LogP contribution in [0.3, 0.4) is 0 Å². The highest BCUT2D eigenvalue weighted by Crippen LogP contribution is 2.36. The van der Waals surface area contributed by atoms with Crippen LogP contribution >= 0.6 is 0 Å². The number of nitrogens with one attached hydrogen (secondary N) is 1. The number of rotatable bonds is 3. The number of pyridine rings is 2. The molecule has 130 valence electrons. The highest BCUT2D eigenvalue weighted by atomic mass is 19.1. The minimum Gasteiger partial charge on any atom is -0.439 e. The second kappa shape index (κ2) is 6.51. The molecule has 0 radical (unpaired) electrons.